The number of Topliss-reactive ketones (excluding diaryl/α,β-unsaturated/α-hetero) is 1. The van der Waals surface area contributed by atoms with E-state index in [-0.39, 0.29) is 12.2 Å². The number of rotatable bonds is 5. The molecule has 0 spiro atoms. The first-order chi connectivity index (χ1) is 8.45. The molecular formula is C13H15ClO3S. The van der Waals surface area contributed by atoms with Crippen LogP contribution in [0.5, 0.6) is 0 Å². The SMILES string of the molecule is CCOC(=O)C(=O)c1ccc(SC(C)C)c(Cl)c1. The van der Waals surface area contributed by atoms with Crippen LogP contribution in [0.25, 0.3) is 0 Å². The first-order valence-electron chi connectivity index (χ1n) is 5.63. The van der Waals surface area contributed by atoms with E-state index in [1.807, 2.05) is 0 Å². The van der Waals surface area contributed by atoms with Gasteiger partial charge in [-0.2, -0.15) is 0 Å². The predicted molar refractivity (Wildman–Crippen MR) is 73.4 cm³/mol. The van der Waals surface area contributed by atoms with E-state index >= 15 is 0 Å². The summed E-state index contributed by atoms with van der Waals surface area (Å²) in [5.74, 6) is -1.52. The number of thioether (sulfide) groups is 1. The standard InChI is InChI=1S/C13H15ClO3S/c1-4-17-13(16)12(15)9-5-6-11(10(14)7-9)18-8(2)3/h5-8H,4H2,1-3H3. The number of ketones is 1. The van der Waals surface area contributed by atoms with Crippen molar-refractivity contribution in [3.05, 3.63) is 28.8 Å². The normalized spacial score (nSPS) is 10.5. The third-order valence-corrected chi connectivity index (χ3v) is 3.52. The quantitative estimate of drug-likeness (QED) is 0.359. The molecular weight excluding hydrogens is 272 g/mol. The number of hydrogen-bond acceptors (Lipinski definition) is 4. The molecule has 1 aromatic carbocycles. The van der Waals surface area contributed by atoms with E-state index in [0.717, 1.165) is 4.90 Å². The molecule has 0 aliphatic heterocycles. The fourth-order valence-electron chi connectivity index (χ4n) is 1.31. The van der Waals surface area contributed by atoms with Gasteiger partial charge < -0.3 is 4.74 Å². The molecule has 0 heterocycles. The van der Waals surface area contributed by atoms with Gasteiger partial charge in [-0.1, -0.05) is 25.4 Å². The lowest BCUT2D eigenvalue weighted by molar-refractivity contribution is -0.137. The first kappa shape index (κ1) is 15.1. The van der Waals surface area contributed by atoms with Gasteiger partial charge in [0.2, 0.25) is 0 Å². The molecule has 0 aliphatic rings. The molecule has 0 saturated heterocycles. The van der Waals surface area contributed by atoms with Gasteiger partial charge in [-0.3, -0.25) is 4.79 Å². The molecule has 3 nitrogen and oxygen atoms in total. The summed E-state index contributed by atoms with van der Waals surface area (Å²) in [7, 11) is 0. The van der Waals surface area contributed by atoms with Crippen molar-refractivity contribution in [2.45, 2.75) is 30.9 Å². The summed E-state index contributed by atoms with van der Waals surface area (Å²) in [5, 5.41) is 0.873. The second-order valence-electron chi connectivity index (χ2n) is 3.86. The summed E-state index contributed by atoms with van der Waals surface area (Å²) in [6, 6.07) is 4.85. The average molecular weight is 287 g/mol. The van der Waals surface area contributed by atoms with Gasteiger partial charge in [0, 0.05) is 15.7 Å². The van der Waals surface area contributed by atoms with E-state index in [4.69, 9.17) is 11.6 Å². The van der Waals surface area contributed by atoms with Crippen LogP contribution in [-0.4, -0.2) is 23.6 Å². The number of benzene rings is 1. The molecule has 98 valence electrons. The maximum absolute atomic E-state index is 11.7. The number of esters is 1. The molecule has 1 rings (SSSR count). The zero-order valence-corrected chi connectivity index (χ0v) is 12.1. The minimum atomic E-state index is -0.849. The summed E-state index contributed by atoms with van der Waals surface area (Å²) >= 11 is 7.68. The minimum absolute atomic E-state index is 0.180. The Morgan fingerprint density at radius 2 is 2.06 bits per heavy atom. The highest BCUT2D eigenvalue weighted by atomic mass is 35.5. The summed E-state index contributed by atoms with van der Waals surface area (Å²) in [4.78, 5) is 23.9. The van der Waals surface area contributed by atoms with Crippen LogP contribution in [-0.2, 0) is 9.53 Å². The second-order valence-corrected chi connectivity index (χ2v) is 5.89. The van der Waals surface area contributed by atoms with E-state index in [1.54, 1.807) is 30.8 Å². The Hall–Kier alpha value is -1.000. The molecule has 0 unspecified atom stereocenters. The Morgan fingerprint density at radius 1 is 1.39 bits per heavy atom. The van der Waals surface area contributed by atoms with Gasteiger partial charge in [0.05, 0.1) is 11.6 Å². The van der Waals surface area contributed by atoms with E-state index in [9.17, 15) is 9.59 Å². The summed E-state index contributed by atoms with van der Waals surface area (Å²) in [5.41, 5.74) is 0.256. The van der Waals surface area contributed by atoms with Gasteiger partial charge in [0.25, 0.3) is 5.78 Å². The Bertz CT molecular complexity index is 458. The lowest BCUT2D eigenvalue weighted by Gasteiger charge is -2.08. The zero-order valence-electron chi connectivity index (χ0n) is 10.5. The largest absolute Gasteiger partial charge is 0.460 e. The molecule has 0 radical (unpaired) electrons. The lowest BCUT2D eigenvalue weighted by Crippen LogP contribution is -2.17. The molecule has 5 heteroatoms. The van der Waals surface area contributed by atoms with Crippen molar-refractivity contribution in [1.82, 2.24) is 0 Å². The summed E-state index contributed by atoms with van der Waals surface area (Å²) < 4.78 is 4.66. The maximum atomic E-state index is 11.7. The van der Waals surface area contributed by atoms with Crippen LogP contribution in [0.4, 0.5) is 0 Å². The molecule has 0 aromatic heterocycles. The number of ether oxygens (including phenoxy) is 1. The van der Waals surface area contributed by atoms with Gasteiger partial charge in [0.1, 0.15) is 0 Å². The third kappa shape index (κ3) is 4.03. The molecule has 0 aliphatic carbocycles. The van der Waals surface area contributed by atoms with Gasteiger partial charge >= 0.3 is 5.97 Å². The van der Waals surface area contributed by atoms with Crippen LogP contribution >= 0.6 is 23.4 Å². The number of hydrogen-bond donors (Lipinski definition) is 0. The maximum Gasteiger partial charge on any atom is 0.379 e. The van der Waals surface area contributed by atoms with Crippen molar-refractivity contribution in [3.63, 3.8) is 0 Å². The van der Waals surface area contributed by atoms with Crippen molar-refractivity contribution in [2.75, 3.05) is 6.61 Å². The Balaban J connectivity index is 2.90. The highest BCUT2D eigenvalue weighted by Crippen LogP contribution is 2.30. The van der Waals surface area contributed by atoms with Gasteiger partial charge in [-0.15, -0.1) is 11.8 Å². The van der Waals surface area contributed by atoms with Gasteiger partial charge in [0.15, 0.2) is 0 Å². The monoisotopic (exact) mass is 286 g/mol. The van der Waals surface area contributed by atoms with E-state index in [2.05, 4.69) is 18.6 Å². The van der Waals surface area contributed by atoms with Crippen molar-refractivity contribution in [1.29, 1.82) is 0 Å². The molecule has 0 fully saturated rings. The Labute approximate surface area is 116 Å². The number of carbonyl (C=O) groups excluding carboxylic acids is 2. The fraction of sp³-hybridized carbons (Fsp3) is 0.385. The topological polar surface area (TPSA) is 43.4 Å². The molecule has 1 aromatic rings. The highest BCUT2D eigenvalue weighted by molar-refractivity contribution is 8.00. The molecule has 0 bridgehead atoms. The molecule has 0 atom stereocenters. The molecule has 18 heavy (non-hydrogen) atoms. The molecule has 0 amide bonds. The smallest absolute Gasteiger partial charge is 0.379 e. The lowest BCUT2D eigenvalue weighted by atomic mass is 10.1. The highest BCUT2D eigenvalue weighted by Gasteiger charge is 2.18. The average Bonchev–Trinajstić information content (AvgIpc) is 2.30. The van der Waals surface area contributed by atoms with Crippen LogP contribution in [0.2, 0.25) is 5.02 Å². The van der Waals surface area contributed by atoms with Crippen LogP contribution < -0.4 is 0 Å². The van der Waals surface area contributed by atoms with E-state index in [0.29, 0.717) is 10.3 Å². The van der Waals surface area contributed by atoms with Crippen LogP contribution in [0.3, 0.4) is 0 Å². The predicted octanol–water partition coefficient (Wildman–Crippen LogP) is 3.59. The molecule has 0 saturated carbocycles. The van der Waals surface area contributed by atoms with Crippen molar-refractivity contribution in [3.8, 4) is 0 Å². The Kier molecular flexibility index (Phi) is 5.69. The van der Waals surface area contributed by atoms with E-state index < -0.39 is 11.8 Å². The summed E-state index contributed by atoms with van der Waals surface area (Å²) in [6.45, 7) is 5.94. The second kappa shape index (κ2) is 6.81. The van der Waals surface area contributed by atoms with Crippen LogP contribution in [0.15, 0.2) is 23.1 Å². The van der Waals surface area contributed by atoms with Crippen LogP contribution in [0, 0.1) is 0 Å². The van der Waals surface area contributed by atoms with Crippen molar-refractivity contribution in [2.24, 2.45) is 0 Å². The fourth-order valence-corrected chi connectivity index (χ4v) is 2.45. The zero-order chi connectivity index (χ0) is 13.7. The van der Waals surface area contributed by atoms with Crippen molar-refractivity contribution >= 4 is 35.1 Å². The van der Waals surface area contributed by atoms with Gasteiger partial charge in [-0.25, -0.2) is 4.79 Å². The Morgan fingerprint density at radius 3 is 2.56 bits per heavy atom. The first-order valence-corrected chi connectivity index (χ1v) is 6.89. The minimum Gasteiger partial charge on any atom is -0.460 e. The van der Waals surface area contributed by atoms with E-state index in [1.165, 1.54) is 6.07 Å². The summed E-state index contributed by atoms with van der Waals surface area (Å²) in [6.07, 6.45) is 0. The van der Waals surface area contributed by atoms with Crippen LogP contribution in [0.1, 0.15) is 31.1 Å². The number of carbonyl (C=O) groups is 2. The van der Waals surface area contributed by atoms with Gasteiger partial charge in [-0.05, 0) is 25.1 Å². The third-order valence-electron chi connectivity index (χ3n) is 2.02. The molecule has 0 N–H and O–H groups in total. The number of halogens is 1. The van der Waals surface area contributed by atoms with Crippen molar-refractivity contribution < 1.29 is 14.3 Å².